The first kappa shape index (κ1) is 23.9. The zero-order valence-electron chi connectivity index (χ0n) is 20.1. The Hall–Kier alpha value is -2.87. The van der Waals surface area contributed by atoms with Crippen molar-refractivity contribution in [2.45, 2.75) is 37.5 Å². The van der Waals surface area contributed by atoms with E-state index in [9.17, 15) is 14.7 Å². The molecule has 2 aliphatic heterocycles. The highest BCUT2D eigenvalue weighted by Gasteiger charge is 2.40. The second kappa shape index (κ2) is 9.30. The summed E-state index contributed by atoms with van der Waals surface area (Å²) in [5, 5.41) is 16.3. The number of hydrogen-bond acceptors (Lipinski definition) is 5. The molecule has 3 aromatic rings. The maximum Gasteiger partial charge on any atom is 0.259 e. The Morgan fingerprint density at radius 2 is 1.80 bits per heavy atom. The number of benzene rings is 2. The summed E-state index contributed by atoms with van der Waals surface area (Å²) in [6, 6.07) is 15.6. The Morgan fingerprint density at radius 3 is 2.49 bits per heavy atom. The molecule has 2 N–H and O–H groups in total. The molecule has 2 aliphatic rings. The van der Waals surface area contributed by atoms with Crippen molar-refractivity contribution in [3.05, 3.63) is 75.7 Å². The average Bonchev–Trinajstić information content (AvgIpc) is 2.83. The summed E-state index contributed by atoms with van der Waals surface area (Å²) in [4.78, 5) is 29.6. The van der Waals surface area contributed by atoms with Crippen molar-refractivity contribution in [3.63, 3.8) is 0 Å². The van der Waals surface area contributed by atoms with Gasteiger partial charge in [0.05, 0.1) is 16.5 Å². The lowest BCUT2D eigenvalue weighted by atomic mass is 9.92. The van der Waals surface area contributed by atoms with E-state index in [1.807, 2.05) is 36.4 Å². The van der Waals surface area contributed by atoms with Crippen LogP contribution in [-0.4, -0.2) is 63.6 Å². The Balaban J connectivity index is 1.14. The highest BCUT2D eigenvalue weighted by molar-refractivity contribution is 6.35. The van der Waals surface area contributed by atoms with Crippen LogP contribution in [0.15, 0.2) is 59.5 Å². The number of aromatic nitrogens is 1. The van der Waals surface area contributed by atoms with Gasteiger partial charge in [-0.25, -0.2) is 0 Å². The van der Waals surface area contributed by atoms with Crippen LogP contribution >= 0.6 is 11.6 Å². The molecule has 0 bridgehead atoms. The number of rotatable bonds is 5. The summed E-state index contributed by atoms with van der Waals surface area (Å²) in [7, 11) is 1.72. The molecule has 1 aromatic heterocycles. The smallest absolute Gasteiger partial charge is 0.259 e. The number of carbonyl (C=O) groups is 1. The number of amides is 1. The van der Waals surface area contributed by atoms with E-state index >= 15 is 0 Å². The monoisotopic (exact) mass is 494 g/mol. The number of pyridine rings is 1. The van der Waals surface area contributed by atoms with Crippen molar-refractivity contribution in [2.75, 3.05) is 31.5 Å². The van der Waals surface area contributed by atoms with E-state index in [-0.39, 0.29) is 11.5 Å². The van der Waals surface area contributed by atoms with Gasteiger partial charge in [-0.1, -0.05) is 41.9 Å². The molecule has 0 unspecified atom stereocenters. The van der Waals surface area contributed by atoms with Crippen LogP contribution in [0.4, 0.5) is 5.69 Å². The average molecular weight is 495 g/mol. The zero-order chi connectivity index (χ0) is 24.7. The van der Waals surface area contributed by atoms with E-state index in [1.54, 1.807) is 37.2 Å². The maximum absolute atomic E-state index is 13.0. The van der Waals surface area contributed by atoms with E-state index in [1.165, 1.54) is 4.57 Å². The first-order valence-electron chi connectivity index (χ1n) is 12.1. The minimum absolute atomic E-state index is 0.0935. The molecule has 1 amide bonds. The molecule has 2 aromatic carbocycles. The van der Waals surface area contributed by atoms with Crippen molar-refractivity contribution in [1.29, 1.82) is 0 Å². The summed E-state index contributed by atoms with van der Waals surface area (Å²) < 4.78 is 1.53. The number of halogens is 1. The van der Waals surface area contributed by atoms with Gasteiger partial charge in [-0.3, -0.25) is 14.5 Å². The van der Waals surface area contributed by atoms with Crippen molar-refractivity contribution in [1.82, 2.24) is 14.4 Å². The number of carbonyl (C=O) groups excluding carboxylic acids is 1. The Bertz CT molecular complexity index is 1290. The first-order valence-corrected chi connectivity index (χ1v) is 12.5. The van der Waals surface area contributed by atoms with Crippen LogP contribution in [0, 0.1) is 0 Å². The van der Waals surface area contributed by atoms with E-state index in [0.29, 0.717) is 41.1 Å². The van der Waals surface area contributed by atoms with Gasteiger partial charge in [0, 0.05) is 51.2 Å². The highest BCUT2D eigenvalue weighted by atomic mass is 35.5. The molecular weight excluding hydrogens is 464 g/mol. The number of aryl methyl sites for hydroxylation is 1. The van der Waals surface area contributed by atoms with Crippen molar-refractivity contribution in [2.24, 2.45) is 7.05 Å². The number of aliphatic hydroxyl groups is 1. The van der Waals surface area contributed by atoms with Crippen molar-refractivity contribution < 1.29 is 9.90 Å². The zero-order valence-corrected chi connectivity index (χ0v) is 20.8. The quantitative estimate of drug-likeness (QED) is 0.569. The third-order valence-corrected chi connectivity index (χ3v) is 7.73. The maximum atomic E-state index is 13.0. The molecule has 0 saturated carbocycles. The van der Waals surface area contributed by atoms with Crippen LogP contribution in [0.2, 0.25) is 5.02 Å². The van der Waals surface area contributed by atoms with Crippen LogP contribution in [-0.2, 0) is 17.4 Å². The molecule has 0 radical (unpaired) electrons. The molecule has 184 valence electrons. The van der Waals surface area contributed by atoms with Gasteiger partial charge < -0.3 is 19.9 Å². The molecule has 0 aliphatic carbocycles. The number of fused-ring (bicyclic) bond motifs is 1. The fourth-order valence-electron chi connectivity index (χ4n) is 5.27. The van der Waals surface area contributed by atoms with E-state index in [2.05, 4.69) is 10.2 Å². The number of hydrogen-bond donors (Lipinski definition) is 2. The van der Waals surface area contributed by atoms with Crippen LogP contribution in [0.25, 0.3) is 10.8 Å². The number of likely N-dealkylation sites (tertiary alicyclic amines) is 2. The van der Waals surface area contributed by atoms with Gasteiger partial charge >= 0.3 is 0 Å². The first-order chi connectivity index (χ1) is 16.7. The Morgan fingerprint density at radius 1 is 1.11 bits per heavy atom. The van der Waals surface area contributed by atoms with Gasteiger partial charge in [0.25, 0.3) is 11.5 Å². The molecule has 1 atom stereocenters. The van der Waals surface area contributed by atoms with Crippen LogP contribution < -0.4 is 10.9 Å². The summed E-state index contributed by atoms with van der Waals surface area (Å²) in [6.07, 6.45) is 3.55. The fraction of sp³-hybridized carbons (Fsp3) is 0.407. The van der Waals surface area contributed by atoms with Gasteiger partial charge in [0.1, 0.15) is 0 Å². The molecule has 2 saturated heterocycles. The summed E-state index contributed by atoms with van der Waals surface area (Å²) in [5.74, 6) is -0.228. The number of anilines is 1. The number of piperidine rings is 1. The van der Waals surface area contributed by atoms with Gasteiger partial charge in [0.2, 0.25) is 0 Å². The number of nitrogens with zero attached hydrogens (tertiary/aromatic N) is 3. The Labute approximate surface area is 209 Å². The van der Waals surface area contributed by atoms with Crippen LogP contribution in [0.1, 0.15) is 25.3 Å². The second-order valence-corrected chi connectivity index (χ2v) is 10.3. The number of nitrogens with one attached hydrogen (secondary N) is 1. The fourth-order valence-corrected chi connectivity index (χ4v) is 5.58. The third kappa shape index (κ3) is 4.56. The van der Waals surface area contributed by atoms with Crippen LogP contribution in [0.3, 0.4) is 0 Å². The molecular formula is C27H31ClN4O3. The highest BCUT2D eigenvalue weighted by Crippen LogP contribution is 2.30. The Kier molecular flexibility index (Phi) is 6.34. The largest absolute Gasteiger partial charge is 0.380 e. The third-order valence-electron chi connectivity index (χ3n) is 7.43. The minimum atomic E-state index is -1.51. The van der Waals surface area contributed by atoms with E-state index in [0.717, 1.165) is 37.0 Å². The summed E-state index contributed by atoms with van der Waals surface area (Å²) >= 11 is 6.43. The SMILES string of the molecule is Cn1ccc2cc(NC3CN(C4CCN(C(=O)[C@@](C)(O)c5ccccc5)CC4)C3)cc(Cl)c2c1=O. The van der Waals surface area contributed by atoms with E-state index < -0.39 is 5.60 Å². The summed E-state index contributed by atoms with van der Waals surface area (Å²) in [6.45, 7) is 4.73. The second-order valence-electron chi connectivity index (χ2n) is 9.91. The lowest BCUT2D eigenvalue weighted by Gasteiger charge is -2.48. The van der Waals surface area contributed by atoms with E-state index in [4.69, 9.17) is 11.6 Å². The topological polar surface area (TPSA) is 77.8 Å². The minimum Gasteiger partial charge on any atom is -0.380 e. The van der Waals surface area contributed by atoms with Crippen molar-refractivity contribution >= 4 is 34.0 Å². The summed E-state index contributed by atoms with van der Waals surface area (Å²) in [5.41, 5.74) is -0.0588. The molecule has 2 fully saturated rings. The van der Waals surface area contributed by atoms with Crippen molar-refractivity contribution in [3.8, 4) is 0 Å². The molecule has 3 heterocycles. The van der Waals surface area contributed by atoms with Crippen LogP contribution in [0.5, 0.6) is 0 Å². The standard InChI is InChI=1S/C27H31ClN4O3/c1-27(35,19-6-4-3-5-7-19)26(34)31-12-9-22(10-13-31)32-16-21(17-32)29-20-14-18-8-11-30(2)25(33)24(18)23(28)15-20/h3-8,11,14-15,21-22,29,35H,9-10,12-13,16-17H2,1-2H3/t27-/m0/s1. The lowest BCUT2D eigenvalue weighted by molar-refractivity contribution is -0.152. The van der Waals surface area contributed by atoms with Gasteiger partial charge in [0.15, 0.2) is 5.60 Å². The molecule has 7 nitrogen and oxygen atoms in total. The molecule has 5 rings (SSSR count). The molecule has 35 heavy (non-hydrogen) atoms. The molecule has 0 spiro atoms. The normalized spacial score (nSPS) is 19.4. The van der Waals surface area contributed by atoms with Gasteiger partial charge in [-0.15, -0.1) is 0 Å². The molecule has 8 heteroatoms. The van der Waals surface area contributed by atoms with Gasteiger partial charge in [-0.05, 0) is 48.9 Å². The van der Waals surface area contributed by atoms with Gasteiger partial charge in [-0.2, -0.15) is 0 Å². The predicted octanol–water partition coefficient (Wildman–Crippen LogP) is 3.19. The lowest BCUT2D eigenvalue weighted by Crippen LogP contribution is -2.61. The predicted molar refractivity (Wildman–Crippen MR) is 139 cm³/mol.